The molecule has 1 aromatic heterocycles. The van der Waals surface area contributed by atoms with E-state index in [1.807, 2.05) is 6.07 Å². The molecule has 1 heterocycles. The first-order valence-corrected chi connectivity index (χ1v) is 7.72. The Kier molecular flexibility index (Phi) is 5.35. The zero-order chi connectivity index (χ0) is 15.2. The fourth-order valence-electron chi connectivity index (χ4n) is 2.06. The van der Waals surface area contributed by atoms with E-state index < -0.39 is 0 Å². The van der Waals surface area contributed by atoms with E-state index in [1.54, 1.807) is 13.0 Å². The minimum atomic E-state index is -0.364. The highest BCUT2D eigenvalue weighted by Crippen LogP contribution is 2.31. The van der Waals surface area contributed by atoms with Crippen LogP contribution in [-0.4, -0.2) is 28.2 Å². The molecule has 0 bridgehead atoms. The Morgan fingerprint density at radius 2 is 2.19 bits per heavy atom. The number of aryl methyl sites for hydroxylation is 1. The van der Waals surface area contributed by atoms with Crippen molar-refractivity contribution in [3.05, 3.63) is 38.9 Å². The lowest BCUT2D eigenvalue weighted by Crippen LogP contribution is -2.14. The van der Waals surface area contributed by atoms with Gasteiger partial charge in [-0.2, -0.15) is 0 Å². The van der Waals surface area contributed by atoms with E-state index in [4.69, 9.17) is 0 Å². The summed E-state index contributed by atoms with van der Waals surface area (Å²) < 4.78 is 0. The smallest absolute Gasteiger partial charge is 0.273 e. The maximum Gasteiger partial charge on any atom is 0.273 e. The number of aromatic nitrogens is 2. The van der Waals surface area contributed by atoms with Crippen LogP contribution < -0.4 is 5.32 Å². The lowest BCUT2D eigenvalue weighted by molar-refractivity contribution is -0.385. The number of hydrogen-bond acceptors (Lipinski definition) is 6. The Labute approximate surface area is 127 Å². The van der Waals surface area contributed by atoms with Crippen LogP contribution in [0.4, 0.5) is 5.69 Å². The molecular weight excluding hydrogens is 288 g/mol. The summed E-state index contributed by atoms with van der Waals surface area (Å²) in [6.45, 7) is 5.75. The molecule has 21 heavy (non-hydrogen) atoms. The second-order valence-corrected chi connectivity index (χ2v) is 5.73. The molecule has 0 fully saturated rings. The van der Waals surface area contributed by atoms with Gasteiger partial charge in [0.25, 0.3) is 5.69 Å². The van der Waals surface area contributed by atoms with Crippen molar-refractivity contribution >= 4 is 17.0 Å². The van der Waals surface area contributed by atoms with E-state index in [1.165, 1.54) is 17.4 Å². The number of rotatable bonds is 7. The molecular formula is C14H18N4O2S. The van der Waals surface area contributed by atoms with Gasteiger partial charge in [0.2, 0.25) is 0 Å². The monoisotopic (exact) mass is 306 g/mol. The molecule has 0 amide bonds. The minimum Gasteiger partial charge on any atom is -0.317 e. The predicted molar refractivity (Wildman–Crippen MR) is 83.6 cm³/mol. The summed E-state index contributed by atoms with van der Waals surface area (Å²) in [5.41, 5.74) is 1.55. The SMILES string of the molecule is CCNCCCc1nnc(-c2cccc([N+](=O)[O-])c2C)s1. The van der Waals surface area contributed by atoms with Crippen LogP contribution in [0.1, 0.15) is 23.9 Å². The van der Waals surface area contributed by atoms with Gasteiger partial charge in [-0.25, -0.2) is 0 Å². The molecule has 0 aliphatic heterocycles. The van der Waals surface area contributed by atoms with E-state index in [-0.39, 0.29) is 10.6 Å². The second-order valence-electron chi connectivity index (χ2n) is 4.66. The molecule has 0 saturated heterocycles. The molecule has 0 saturated carbocycles. The van der Waals surface area contributed by atoms with E-state index in [9.17, 15) is 10.1 Å². The van der Waals surface area contributed by atoms with Crippen molar-refractivity contribution in [3.8, 4) is 10.6 Å². The lowest BCUT2D eigenvalue weighted by Gasteiger charge is -2.02. The summed E-state index contributed by atoms with van der Waals surface area (Å²) in [4.78, 5) is 10.6. The van der Waals surface area contributed by atoms with Crippen molar-refractivity contribution in [1.82, 2.24) is 15.5 Å². The Balaban J connectivity index is 2.14. The van der Waals surface area contributed by atoms with Crippen molar-refractivity contribution in [2.75, 3.05) is 13.1 Å². The average molecular weight is 306 g/mol. The molecule has 2 rings (SSSR count). The van der Waals surface area contributed by atoms with Crippen LogP contribution in [0, 0.1) is 17.0 Å². The summed E-state index contributed by atoms with van der Waals surface area (Å²) in [7, 11) is 0. The second kappa shape index (κ2) is 7.24. The van der Waals surface area contributed by atoms with E-state index in [2.05, 4.69) is 22.4 Å². The van der Waals surface area contributed by atoms with Crippen LogP contribution in [0.25, 0.3) is 10.6 Å². The van der Waals surface area contributed by atoms with Crippen molar-refractivity contribution in [2.45, 2.75) is 26.7 Å². The number of benzene rings is 1. The quantitative estimate of drug-likeness (QED) is 0.483. The molecule has 0 spiro atoms. The molecule has 112 valence electrons. The molecule has 1 N–H and O–H groups in total. The normalized spacial score (nSPS) is 10.8. The average Bonchev–Trinajstić information content (AvgIpc) is 2.92. The fourth-order valence-corrected chi connectivity index (χ4v) is 3.02. The van der Waals surface area contributed by atoms with Crippen LogP contribution >= 0.6 is 11.3 Å². The lowest BCUT2D eigenvalue weighted by atomic mass is 10.1. The van der Waals surface area contributed by atoms with Crippen LogP contribution in [0.15, 0.2) is 18.2 Å². The summed E-state index contributed by atoms with van der Waals surface area (Å²) in [6.07, 6.45) is 1.88. The van der Waals surface area contributed by atoms with Crippen molar-refractivity contribution in [3.63, 3.8) is 0 Å². The Bertz CT molecular complexity index is 627. The fraction of sp³-hybridized carbons (Fsp3) is 0.429. The Morgan fingerprint density at radius 3 is 2.90 bits per heavy atom. The first-order chi connectivity index (χ1) is 10.1. The molecule has 7 heteroatoms. The largest absolute Gasteiger partial charge is 0.317 e. The van der Waals surface area contributed by atoms with Gasteiger partial charge in [0.1, 0.15) is 10.0 Å². The summed E-state index contributed by atoms with van der Waals surface area (Å²) in [5, 5.41) is 24.3. The van der Waals surface area contributed by atoms with Gasteiger partial charge in [-0.15, -0.1) is 10.2 Å². The summed E-state index contributed by atoms with van der Waals surface area (Å²) in [5.74, 6) is 0. The van der Waals surface area contributed by atoms with Gasteiger partial charge < -0.3 is 5.32 Å². The summed E-state index contributed by atoms with van der Waals surface area (Å²) in [6, 6.07) is 5.05. The van der Waals surface area contributed by atoms with Gasteiger partial charge in [0.15, 0.2) is 0 Å². The minimum absolute atomic E-state index is 0.122. The van der Waals surface area contributed by atoms with E-state index >= 15 is 0 Å². The highest BCUT2D eigenvalue weighted by Gasteiger charge is 2.16. The number of nitrogens with zero attached hydrogens (tertiary/aromatic N) is 3. The van der Waals surface area contributed by atoms with E-state index in [0.29, 0.717) is 5.56 Å². The number of nitro groups is 1. The zero-order valence-corrected chi connectivity index (χ0v) is 12.9. The summed E-state index contributed by atoms with van der Waals surface area (Å²) >= 11 is 1.51. The van der Waals surface area contributed by atoms with Crippen LogP contribution in [0.2, 0.25) is 0 Å². The first kappa shape index (κ1) is 15.5. The van der Waals surface area contributed by atoms with Crippen molar-refractivity contribution in [2.24, 2.45) is 0 Å². The highest BCUT2D eigenvalue weighted by atomic mass is 32.1. The molecule has 6 nitrogen and oxygen atoms in total. The molecule has 0 aliphatic rings. The number of nitro benzene ring substituents is 1. The maximum atomic E-state index is 11.0. The number of nitrogens with one attached hydrogen (secondary N) is 1. The highest BCUT2D eigenvalue weighted by molar-refractivity contribution is 7.14. The zero-order valence-electron chi connectivity index (χ0n) is 12.1. The molecule has 0 aliphatic carbocycles. The van der Waals surface area contributed by atoms with E-state index in [0.717, 1.165) is 41.5 Å². The van der Waals surface area contributed by atoms with Crippen LogP contribution in [0.5, 0.6) is 0 Å². The molecule has 2 aromatic rings. The third-order valence-corrected chi connectivity index (χ3v) is 4.21. The Hall–Kier alpha value is -1.86. The molecule has 0 radical (unpaired) electrons. The third-order valence-electron chi connectivity index (χ3n) is 3.19. The molecule has 1 aromatic carbocycles. The van der Waals surface area contributed by atoms with Gasteiger partial charge in [-0.3, -0.25) is 10.1 Å². The molecule has 0 atom stereocenters. The van der Waals surface area contributed by atoms with Gasteiger partial charge in [-0.1, -0.05) is 30.4 Å². The van der Waals surface area contributed by atoms with Crippen LogP contribution in [-0.2, 0) is 6.42 Å². The first-order valence-electron chi connectivity index (χ1n) is 6.91. The van der Waals surface area contributed by atoms with Crippen LogP contribution in [0.3, 0.4) is 0 Å². The van der Waals surface area contributed by atoms with Gasteiger partial charge in [0, 0.05) is 23.6 Å². The topological polar surface area (TPSA) is 81.0 Å². The number of hydrogen-bond donors (Lipinski definition) is 1. The van der Waals surface area contributed by atoms with Crippen molar-refractivity contribution in [1.29, 1.82) is 0 Å². The standard InChI is InChI=1S/C14H18N4O2S/c1-3-15-9-5-8-13-16-17-14(21-13)11-6-4-7-12(10(11)2)18(19)20/h4,6-7,15H,3,5,8-9H2,1-2H3. The third kappa shape index (κ3) is 3.83. The molecule has 0 unspecified atom stereocenters. The van der Waals surface area contributed by atoms with Gasteiger partial charge in [0.05, 0.1) is 4.92 Å². The maximum absolute atomic E-state index is 11.0. The predicted octanol–water partition coefficient (Wildman–Crippen LogP) is 2.96. The Morgan fingerprint density at radius 1 is 1.38 bits per heavy atom. The van der Waals surface area contributed by atoms with Gasteiger partial charge in [-0.05, 0) is 26.4 Å². The van der Waals surface area contributed by atoms with Crippen molar-refractivity contribution < 1.29 is 4.92 Å². The van der Waals surface area contributed by atoms with Gasteiger partial charge >= 0.3 is 0 Å².